The minimum atomic E-state index is 0.0296. The fraction of sp³-hybridized carbons (Fsp3) is 0.211. The van der Waals surface area contributed by atoms with Crippen molar-refractivity contribution in [3.8, 4) is 22.4 Å². The van der Waals surface area contributed by atoms with Gasteiger partial charge in [-0.1, -0.05) is 59.7 Å². The molecule has 2 aromatic carbocycles. The Balaban J connectivity index is 2.23. The number of hydrogen-bond acceptors (Lipinski definition) is 1. The monoisotopic (exact) mass is 292 g/mol. The second kappa shape index (κ2) is 5.68. The summed E-state index contributed by atoms with van der Waals surface area (Å²) in [5.74, 6) is 0. The van der Waals surface area contributed by atoms with Gasteiger partial charge in [0, 0.05) is 12.1 Å². The van der Waals surface area contributed by atoms with E-state index < -0.39 is 0 Å². The topological polar surface area (TPSA) is 37.8 Å². The Kier molecular flexibility index (Phi) is 3.72. The molecule has 0 atom stereocenters. The first-order valence-corrected chi connectivity index (χ1v) is 7.57. The van der Waals surface area contributed by atoms with E-state index in [-0.39, 0.29) is 5.56 Å². The van der Waals surface area contributed by atoms with Crippen molar-refractivity contribution < 1.29 is 0 Å². The summed E-state index contributed by atoms with van der Waals surface area (Å²) in [6.07, 6.45) is 0. The SMILES string of the molecule is CCn1[nH]c(-c2ccc(C)cc2)c(-c2ccc(C)cc2)c1=O. The summed E-state index contributed by atoms with van der Waals surface area (Å²) in [7, 11) is 0. The highest BCUT2D eigenvalue weighted by Crippen LogP contribution is 2.28. The van der Waals surface area contributed by atoms with Gasteiger partial charge >= 0.3 is 0 Å². The molecule has 0 aliphatic carbocycles. The molecule has 0 saturated carbocycles. The third-order valence-electron chi connectivity index (χ3n) is 3.95. The maximum Gasteiger partial charge on any atom is 0.274 e. The van der Waals surface area contributed by atoms with Crippen LogP contribution in [-0.4, -0.2) is 9.78 Å². The maximum atomic E-state index is 12.7. The van der Waals surface area contributed by atoms with Gasteiger partial charge in [0.05, 0.1) is 11.3 Å². The molecule has 0 bridgehead atoms. The van der Waals surface area contributed by atoms with Crippen LogP contribution in [0.15, 0.2) is 53.3 Å². The molecule has 3 nitrogen and oxygen atoms in total. The molecule has 3 rings (SSSR count). The molecule has 3 heteroatoms. The van der Waals surface area contributed by atoms with E-state index >= 15 is 0 Å². The molecule has 0 amide bonds. The molecular formula is C19H20N2O. The zero-order valence-electron chi connectivity index (χ0n) is 13.2. The van der Waals surface area contributed by atoms with Crippen molar-refractivity contribution in [2.24, 2.45) is 0 Å². The van der Waals surface area contributed by atoms with Crippen LogP contribution >= 0.6 is 0 Å². The predicted octanol–water partition coefficient (Wildman–Crippen LogP) is 4.15. The van der Waals surface area contributed by atoms with Crippen molar-refractivity contribution in [3.05, 3.63) is 70.0 Å². The first-order chi connectivity index (χ1) is 10.6. The fourth-order valence-corrected chi connectivity index (χ4v) is 2.62. The molecule has 0 fully saturated rings. The number of aryl methyl sites for hydroxylation is 3. The van der Waals surface area contributed by atoms with Crippen LogP contribution in [0.4, 0.5) is 0 Å². The number of benzene rings is 2. The van der Waals surface area contributed by atoms with Gasteiger partial charge in [0.15, 0.2) is 0 Å². The largest absolute Gasteiger partial charge is 0.294 e. The highest BCUT2D eigenvalue weighted by molar-refractivity contribution is 5.80. The van der Waals surface area contributed by atoms with E-state index in [0.29, 0.717) is 6.54 Å². The molecule has 0 radical (unpaired) electrons. The molecule has 1 heterocycles. The lowest BCUT2D eigenvalue weighted by Crippen LogP contribution is -2.16. The van der Waals surface area contributed by atoms with Crippen LogP contribution in [0, 0.1) is 13.8 Å². The highest BCUT2D eigenvalue weighted by atomic mass is 16.1. The molecular weight excluding hydrogens is 272 g/mol. The van der Waals surface area contributed by atoms with Gasteiger partial charge in [-0.25, -0.2) is 0 Å². The third kappa shape index (κ3) is 2.50. The van der Waals surface area contributed by atoms with Gasteiger partial charge < -0.3 is 0 Å². The van der Waals surface area contributed by atoms with E-state index in [4.69, 9.17) is 0 Å². The van der Waals surface area contributed by atoms with Gasteiger partial charge in [-0.2, -0.15) is 0 Å². The lowest BCUT2D eigenvalue weighted by Gasteiger charge is -2.04. The summed E-state index contributed by atoms with van der Waals surface area (Å²) in [6.45, 7) is 6.70. The molecule has 112 valence electrons. The third-order valence-corrected chi connectivity index (χ3v) is 3.95. The van der Waals surface area contributed by atoms with Crippen molar-refractivity contribution in [2.45, 2.75) is 27.3 Å². The number of aromatic nitrogens is 2. The highest BCUT2D eigenvalue weighted by Gasteiger charge is 2.16. The van der Waals surface area contributed by atoms with Crippen LogP contribution < -0.4 is 5.56 Å². The lowest BCUT2D eigenvalue weighted by atomic mass is 10.00. The summed E-state index contributed by atoms with van der Waals surface area (Å²) in [6, 6.07) is 16.3. The van der Waals surface area contributed by atoms with Gasteiger partial charge in [0.2, 0.25) is 0 Å². The standard InChI is InChI=1S/C19H20N2O/c1-4-21-19(22)17(15-9-5-13(2)6-10-15)18(20-21)16-11-7-14(3)8-12-16/h5-12,20H,4H2,1-3H3. The number of nitrogens with zero attached hydrogens (tertiary/aromatic N) is 1. The maximum absolute atomic E-state index is 12.7. The second-order valence-corrected chi connectivity index (χ2v) is 5.64. The summed E-state index contributed by atoms with van der Waals surface area (Å²) >= 11 is 0. The van der Waals surface area contributed by atoms with Gasteiger partial charge in [-0.15, -0.1) is 0 Å². The summed E-state index contributed by atoms with van der Waals surface area (Å²) in [5, 5.41) is 3.25. The van der Waals surface area contributed by atoms with Crippen molar-refractivity contribution in [3.63, 3.8) is 0 Å². The summed E-state index contributed by atoms with van der Waals surface area (Å²) in [5.41, 5.74) is 6.04. The minimum Gasteiger partial charge on any atom is -0.294 e. The van der Waals surface area contributed by atoms with Gasteiger partial charge in [0.25, 0.3) is 5.56 Å². The molecule has 1 aromatic heterocycles. The fourth-order valence-electron chi connectivity index (χ4n) is 2.62. The molecule has 22 heavy (non-hydrogen) atoms. The average Bonchev–Trinajstić information content (AvgIpc) is 2.86. The van der Waals surface area contributed by atoms with Crippen molar-refractivity contribution >= 4 is 0 Å². The minimum absolute atomic E-state index is 0.0296. The number of H-pyrrole nitrogens is 1. The first-order valence-electron chi connectivity index (χ1n) is 7.57. The number of rotatable bonds is 3. The Labute approximate surface area is 130 Å². The van der Waals surface area contributed by atoms with Gasteiger partial charge in [-0.3, -0.25) is 14.6 Å². The van der Waals surface area contributed by atoms with Gasteiger partial charge in [-0.05, 0) is 26.3 Å². The molecule has 0 aliphatic heterocycles. The van der Waals surface area contributed by atoms with E-state index in [1.54, 1.807) is 4.68 Å². The van der Waals surface area contributed by atoms with Crippen molar-refractivity contribution in [2.75, 3.05) is 0 Å². The smallest absolute Gasteiger partial charge is 0.274 e. The Morgan fingerprint density at radius 1 is 0.864 bits per heavy atom. The first kappa shape index (κ1) is 14.4. The second-order valence-electron chi connectivity index (χ2n) is 5.64. The van der Waals surface area contributed by atoms with E-state index in [1.165, 1.54) is 11.1 Å². The zero-order chi connectivity index (χ0) is 15.7. The van der Waals surface area contributed by atoms with Crippen LogP contribution in [0.25, 0.3) is 22.4 Å². The molecule has 0 spiro atoms. The molecule has 0 saturated heterocycles. The van der Waals surface area contributed by atoms with E-state index in [9.17, 15) is 4.79 Å². The summed E-state index contributed by atoms with van der Waals surface area (Å²) in [4.78, 5) is 12.7. The van der Waals surface area contributed by atoms with Crippen LogP contribution in [-0.2, 0) is 6.54 Å². The lowest BCUT2D eigenvalue weighted by molar-refractivity contribution is 0.640. The predicted molar refractivity (Wildman–Crippen MR) is 91.1 cm³/mol. The number of aromatic amines is 1. The van der Waals surface area contributed by atoms with Crippen molar-refractivity contribution in [1.82, 2.24) is 9.78 Å². The Hall–Kier alpha value is -2.55. The zero-order valence-corrected chi connectivity index (χ0v) is 13.2. The quantitative estimate of drug-likeness (QED) is 0.773. The Bertz CT molecular complexity index is 837. The van der Waals surface area contributed by atoms with Crippen LogP contribution in [0.1, 0.15) is 18.1 Å². The van der Waals surface area contributed by atoms with Crippen LogP contribution in [0.5, 0.6) is 0 Å². The molecule has 3 aromatic rings. The van der Waals surface area contributed by atoms with Crippen LogP contribution in [0.2, 0.25) is 0 Å². The Morgan fingerprint density at radius 2 is 1.36 bits per heavy atom. The van der Waals surface area contributed by atoms with Gasteiger partial charge in [0.1, 0.15) is 0 Å². The van der Waals surface area contributed by atoms with Crippen LogP contribution in [0.3, 0.4) is 0 Å². The summed E-state index contributed by atoms with van der Waals surface area (Å²) < 4.78 is 1.66. The molecule has 1 N–H and O–H groups in total. The molecule has 0 unspecified atom stereocenters. The number of nitrogens with one attached hydrogen (secondary N) is 1. The Morgan fingerprint density at radius 3 is 1.86 bits per heavy atom. The van der Waals surface area contributed by atoms with E-state index in [0.717, 1.165) is 22.4 Å². The molecule has 0 aliphatic rings. The van der Waals surface area contributed by atoms with Crippen molar-refractivity contribution in [1.29, 1.82) is 0 Å². The number of hydrogen-bond donors (Lipinski definition) is 1. The van der Waals surface area contributed by atoms with E-state index in [2.05, 4.69) is 36.3 Å². The average molecular weight is 292 g/mol. The van der Waals surface area contributed by atoms with E-state index in [1.807, 2.05) is 38.1 Å². The normalized spacial score (nSPS) is 10.9.